The van der Waals surface area contributed by atoms with Crippen LogP contribution in [0.5, 0.6) is 0 Å². The SMILES string of the molecule is C[C@@H](OC(C)(C)C)[C@H](NCC=Cc1ccc(B2OC(C)(C)C(C)(C)O2)cc1)C(=O)OC1CCCC1. The van der Waals surface area contributed by atoms with E-state index in [2.05, 4.69) is 33.0 Å². The molecular weight excluding hydrogens is 441 g/mol. The highest BCUT2D eigenvalue weighted by molar-refractivity contribution is 6.62. The van der Waals surface area contributed by atoms with Crippen LogP contribution in [-0.4, -0.2) is 54.7 Å². The number of ether oxygens (including phenoxy) is 2. The fraction of sp³-hybridized carbons (Fsp3) is 0.679. The van der Waals surface area contributed by atoms with Gasteiger partial charge in [-0.05, 0) is 92.1 Å². The quantitative estimate of drug-likeness (QED) is 0.406. The largest absolute Gasteiger partial charge is 0.494 e. The predicted molar refractivity (Wildman–Crippen MR) is 142 cm³/mol. The van der Waals surface area contributed by atoms with Crippen molar-refractivity contribution in [3.05, 3.63) is 35.9 Å². The summed E-state index contributed by atoms with van der Waals surface area (Å²) in [5.41, 5.74) is 1.01. The number of nitrogens with one attached hydrogen (secondary N) is 1. The molecule has 1 heterocycles. The molecule has 2 aliphatic rings. The van der Waals surface area contributed by atoms with Gasteiger partial charge in [-0.15, -0.1) is 0 Å². The average molecular weight is 485 g/mol. The maximum atomic E-state index is 12.9. The molecule has 2 atom stereocenters. The Kier molecular flexibility index (Phi) is 8.90. The molecule has 6 nitrogen and oxygen atoms in total. The molecule has 0 radical (unpaired) electrons. The van der Waals surface area contributed by atoms with E-state index >= 15 is 0 Å². The minimum Gasteiger partial charge on any atom is -0.461 e. The van der Waals surface area contributed by atoms with Crippen molar-refractivity contribution in [1.29, 1.82) is 0 Å². The topological polar surface area (TPSA) is 66.0 Å². The van der Waals surface area contributed by atoms with Crippen molar-refractivity contribution in [2.24, 2.45) is 0 Å². The average Bonchev–Trinajstić information content (AvgIpc) is 3.32. The lowest BCUT2D eigenvalue weighted by molar-refractivity contribution is -0.158. The summed E-state index contributed by atoms with van der Waals surface area (Å²) in [6, 6.07) is 7.65. The molecule has 1 aliphatic carbocycles. The highest BCUT2D eigenvalue weighted by Crippen LogP contribution is 2.36. The van der Waals surface area contributed by atoms with Crippen LogP contribution in [0.2, 0.25) is 0 Å². The summed E-state index contributed by atoms with van der Waals surface area (Å²) in [5, 5.41) is 3.33. The lowest BCUT2D eigenvalue weighted by Crippen LogP contribution is -2.49. The Bertz CT molecular complexity index is 852. The monoisotopic (exact) mass is 485 g/mol. The molecule has 1 aliphatic heterocycles. The number of carbonyl (C=O) groups is 1. The lowest BCUT2D eigenvalue weighted by Gasteiger charge is -2.32. The predicted octanol–water partition coefficient (Wildman–Crippen LogP) is 4.65. The molecule has 7 heteroatoms. The van der Waals surface area contributed by atoms with Crippen LogP contribution in [0.1, 0.15) is 86.6 Å². The molecule has 35 heavy (non-hydrogen) atoms. The Morgan fingerprint density at radius 3 is 2.23 bits per heavy atom. The highest BCUT2D eigenvalue weighted by Gasteiger charge is 2.51. The maximum absolute atomic E-state index is 12.9. The highest BCUT2D eigenvalue weighted by atomic mass is 16.7. The number of esters is 1. The number of hydrogen-bond acceptors (Lipinski definition) is 6. The molecule has 1 aromatic carbocycles. The van der Waals surface area contributed by atoms with E-state index in [0.29, 0.717) is 6.54 Å². The van der Waals surface area contributed by atoms with Crippen molar-refractivity contribution in [3.8, 4) is 0 Å². The Hall–Kier alpha value is -1.67. The lowest BCUT2D eigenvalue weighted by atomic mass is 9.79. The molecule has 0 bridgehead atoms. The Morgan fingerprint density at radius 2 is 1.69 bits per heavy atom. The first-order valence-electron chi connectivity index (χ1n) is 13.0. The molecule has 1 aromatic rings. The van der Waals surface area contributed by atoms with Crippen molar-refractivity contribution >= 4 is 24.6 Å². The third kappa shape index (κ3) is 7.66. The second-order valence-corrected chi connectivity index (χ2v) is 11.8. The summed E-state index contributed by atoms with van der Waals surface area (Å²) in [4.78, 5) is 12.9. The molecule has 0 spiro atoms. The maximum Gasteiger partial charge on any atom is 0.494 e. The van der Waals surface area contributed by atoms with E-state index in [9.17, 15) is 4.79 Å². The fourth-order valence-corrected chi connectivity index (χ4v) is 4.44. The second-order valence-electron chi connectivity index (χ2n) is 11.8. The summed E-state index contributed by atoms with van der Waals surface area (Å²) < 4.78 is 24.1. The van der Waals surface area contributed by atoms with Gasteiger partial charge in [0, 0.05) is 6.54 Å². The van der Waals surface area contributed by atoms with Crippen molar-refractivity contribution < 1.29 is 23.6 Å². The van der Waals surface area contributed by atoms with E-state index in [1.807, 2.05) is 64.1 Å². The minimum absolute atomic E-state index is 0.0340. The van der Waals surface area contributed by atoms with Crippen molar-refractivity contribution in [2.45, 2.75) is 116 Å². The van der Waals surface area contributed by atoms with Crippen LogP contribution in [-0.2, 0) is 23.6 Å². The van der Waals surface area contributed by atoms with Gasteiger partial charge in [-0.3, -0.25) is 10.1 Å². The van der Waals surface area contributed by atoms with E-state index in [0.717, 1.165) is 36.7 Å². The van der Waals surface area contributed by atoms with Crippen molar-refractivity contribution in [1.82, 2.24) is 5.32 Å². The summed E-state index contributed by atoms with van der Waals surface area (Å²) >= 11 is 0. The van der Waals surface area contributed by atoms with Gasteiger partial charge in [-0.25, -0.2) is 0 Å². The minimum atomic E-state index is -0.523. The zero-order valence-electron chi connectivity index (χ0n) is 22.9. The molecule has 1 saturated carbocycles. The third-order valence-electron chi connectivity index (χ3n) is 7.08. The van der Waals surface area contributed by atoms with E-state index in [4.69, 9.17) is 18.8 Å². The number of benzene rings is 1. The van der Waals surface area contributed by atoms with Crippen LogP contribution < -0.4 is 10.8 Å². The third-order valence-corrected chi connectivity index (χ3v) is 7.08. The van der Waals surface area contributed by atoms with Crippen LogP contribution >= 0.6 is 0 Å². The Morgan fingerprint density at radius 1 is 1.11 bits per heavy atom. The van der Waals surface area contributed by atoms with E-state index in [-0.39, 0.29) is 42.1 Å². The van der Waals surface area contributed by atoms with Gasteiger partial charge < -0.3 is 18.8 Å². The van der Waals surface area contributed by atoms with Crippen molar-refractivity contribution in [2.75, 3.05) is 6.54 Å². The summed E-state index contributed by atoms with van der Waals surface area (Å²) in [6.07, 6.45) is 7.94. The van der Waals surface area contributed by atoms with Gasteiger partial charge in [0.1, 0.15) is 12.1 Å². The second kappa shape index (κ2) is 11.2. The van der Waals surface area contributed by atoms with Gasteiger partial charge in [-0.2, -0.15) is 0 Å². The standard InChI is InChI=1S/C28H44BNO5/c1-20(33-26(2,3)4)24(25(31)32-23-13-9-10-14-23)30-19-11-12-21-15-17-22(18-16-21)29-34-27(5,6)28(7,8)35-29/h11-12,15-18,20,23-24,30H,9-10,13-14,19H2,1-8H3/t20-,24+/m1/s1. The summed E-state index contributed by atoms with van der Waals surface area (Å²) in [7, 11) is -0.365. The van der Waals surface area contributed by atoms with E-state index in [1.54, 1.807) is 0 Å². The molecule has 0 amide bonds. The van der Waals surface area contributed by atoms with Gasteiger partial charge in [0.15, 0.2) is 0 Å². The first-order chi connectivity index (χ1) is 16.3. The van der Waals surface area contributed by atoms with Gasteiger partial charge in [-0.1, -0.05) is 36.4 Å². The summed E-state index contributed by atoms with van der Waals surface area (Å²) in [6.45, 7) is 16.7. The Labute approximate surface area is 212 Å². The van der Waals surface area contributed by atoms with Gasteiger partial charge in [0.25, 0.3) is 0 Å². The zero-order chi connectivity index (χ0) is 25.9. The molecule has 0 aromatic heterocycles. The molecule has 1 saturated heterocycles. The number of carbonyl (C=O) groups excluding carboxylic acids is 1. The number of rotatable bonds is 9. The number of hydrogen-bond donors (Lipinski definition) is 1. The summed E-state index contributed by atoms with van der Waals surface area (Å²) in [5.74, 6) is -0.228. The Balaban J connectivity index is 1.57. The molecule has 1 N–H and O–H groups in total. The molecule has 194 valence electrons. The van der Waals surface area contributed by atoms with Gasteiger partial charge in [0.05, 0.1) is 22.9 Å². The smallest absolute Gasteiger partial charge is 0.461 e. The van der Waals surface area contributed by atoms with Crippen LogP contribution in [0.3, 0.4) is 0 Å². The van der Waals surface area contributed by atoms with Gasteiger partial charge >= 0.3 is 13.1 Å². The molecular formula is C28H44BNO5. The van der Waals surface area contributed by atoms with Crippen molar-refractivity contribution in [3.63, 3.8) is 0 Å². The van der Waals surface area contributed by atoms with Crippen LogP contribution in [0, 0.1) is 0 Å². The van der Waals surface area contributed by atoms with Crippen LogP contribution in [0.15, 0.2) is 30.3 Å². The van der Waals surface area contributed by atoms with E-state index in [1.165, 1.54) is 0 Å². The fourth-order valence-electron chi connectivity index (χ4n) is 4.44. The molecule has 3 rings (SSSR count). The molecule has 0 unspecified atom stereocenters. The first-order valence-corrected chi connectivity index (χ1v) is 13.0. The van der Waals surface area contributed by atoms with Gasteiger partial charge in [0.2, 0.25) is 0 Å². The van der Waals surface area contributed by atoms with E-state index < -0.39 is 6.04 Å². The zero-order valence-corrected chi connectivity index (χ0v) is 22.9. The van der Waals surface area contributed by atoms with Crippen LogP contribution in [0.25, 0.3) is 6.08 Å². The van der Waals surface area contributed by atoms with Crippen LogP contribution in [0.4, 0.5) is 0 Å². The first kappa shape index (κ1) is 27.9. The molecule has 2 fully saturated rings. The normalized spacial score (nSPS) is 22.0.